The first-order valence-corrected chi connectivity index (χ1v) is 7.74. The van der Waals surface area contributed by atoms with Crippen LogP contribution in [0.2, 0.25) is 0 Å². The fraction of sp³-hybridized carbons (Fsp3) is 0.444. The van der Waals surface area contributed by atoms with Gasteiger partial charge in [0.1, 0.15) is 5.60 Å². The summed E-state index contributed by atoms with van der Waals surface area (Å²) in [5.74, 6) is -2.42. The molecule has 0 aliphatic carbocycles. The highest BCUT2D eigenvalue weighted by atomic mass is 16.6. The monoisotopic (exact) mass is 343 g/mol. The van der Waals surface area contributed by atoms with Gasteiger partial charge in [-0.1, -0.05) is 30.3 Å². The summed E-state index contributed by atoms with van der Waals surface area (Å²) in [7, 11) is 0. The standard InChI is InChI=1S/C18H21N3O4/c1-5-24-15(22)18(14(11-19)12-20,13-9-7-6-8-10-13)21-16(23)25-17(2,3)4/h6-10,14H,5H2,1-4H3,(H,21,23)/t18-/m1/s1. The number of rotatable bonds is 5. The zero-order valence-electron chi connectivity index (χ0n) is 14.7. The normalized spacial score (nSPS) is 13.1. The lowest BCUT2D eigenvalue weighted by molar-refractivity contribution is -0.152. The number of nitrogens with zero attached hydrogens (tertiary/aromatic N) is 2. The van der Waals surface area contributed by atoms with E-state index in [1.54, 1.807) is 58.0 Å². The smallest absolute Gasteiger partial charge is 0.408 e. The first-order chi connectivity index (χ1) is 11.7. The fourth-order valence-electron chi connectivity index (χ4n) is 2.23. The molecule has 132 valence electrons. The highest BCUT2D eigenvalue weighted by Crippen LogP contribution is 2.32. The third-order valence-corrected chi connectivity index (χ3v) is 3.22. The van der Waals surface area contributed by atoms with Crippen molar-refractivity contribution in [3.8, 4) is 12.1 Å². The number of hydrogen-bond donors (Lipinski definition) is 1. The van der Waals surface area contributed by atoms with E-state index in [4.69, 9.17) is 9.47 Å². The second-order valence-electron chi connectivity index (χ2n) is 6.21. The predicted molar refractivity (Wildman–Crippen MR) is 88.8 cm³/mol. The topological polar surface area (TPSA) is 112 Å². The molecule has 1 aromatic rings. The van der Waals surface area contributed by atoms with Crippen molar-refractivity contribution >= 4 is 12.1 Å². The lowest BCUT2D eigenvalue weighted by Gasteiger charge is -2.34. The Morgan fingerprint density at radius 2 is 1.72 bits per heavy atom. The summed E-state index contributed by atoms with van der Waals surface area (Å²) in [4.78, 5) is 25.1. The maximum atomic E-state index is 12.7. The van der Waals surface area contributed by atoms with E-state index in [-0.39, 0.29) is 12.2 Å². The Morgan fingerprint density at radius 3 is 2.16 bits per heavy atom. The third kappa shape index (κ3) is 4.71. The van der Waals surface area contributed by atoms with Crippen molar-refractivity contribution in [2.45, 2.75) is 38.8 Å². The minimum atomic E-state index is -2.00. The van der Waals surface area contributed by atoms with Crippen molar-refractivity contribution in [3.63, 3.8) is 0 Å². The SMILES string of the molecule is CCOC(=O)[C@@](NC(=O)OC(C)(C)C)(c1ccccc1)C(C#N)C#N. The molecule has 0 fully saturated rings. The van der Waals surface area contributed by atoms with Crippen molar-refractivity contribution in [2.24, 2.45) is 5.92 Å². The van der Waals surface area contributed by atoms with Crippen LogP contribution in [0.25, 0.3) is 0 Å². The van der Waals surface area contributed by atoms with Gasteiger partial charge in [0.25, 0.3) is 0 Å². The Bertz CT molecular complexity index is 684. The Kier molecular flexibility index (Phi) is 6.52. The fourth-order valence-corrected chi connectivity index (χ4v) is 2.23. The van der Waals surface area contributed by atoms with Gasteiger partial charge in [-0.15, -0.1) is 0 Å². The summed E-state index contributed by atoms with van der Waals surface area (Å²) >= 11 is 0. The number of amides is 1. The molecular formula is C18H21N3O4. The number of benzene rings is 1. The molecule has 0 aromatic heterocycles. The summed E-state index contributed by atoms with van der Waals surface area (Å²) < 4.78 is 10.3. The number of nitrogens with one attached hydrogen (secondary N) is 1. The average Bonchev–Trinajstić information content (AvgIpc) is 2.54. The first-order valence-electron chi connectivity index (χ1n) is 7.74. The van der Waals surface area contributed by atoms with Crippen LogP contribution in [0.4, 0.5) is 4.79 Å². The molecule has 0 radical (unpaired) electrons. The third-order valence-electron chi connectivity index (χ3n) is 3.22. The quantitative estimate of drug-likeness (QED) is 0.822. The van der Waals surface area contributed by atoms with E-state index in [1.807, 2.05) is 0 Å². The van der Waals surface area contributed by atoms with Crippen LogP contribution in [0.15, 0.2) is 30.3 Å². The molecule has 0 unspecified atom stereocenters. The van der Waals surface area contributed by atoms with E-state index in [0.29, 0.717) is 0 Å². The van der Waals surface area contributed by atoms with Gasteiger partial charge in [0.15, 0.2) is 11.5 Å². The molecule has 1 atom stereocenters. The highest BCUT2D eigenvalue weighted by Gasteiger charge is 2.51. The average molecular weight is 343 g/mol. The number of alkyl carbamates (subject to hydrolysis) is 1. The van der Waals surface area contributed by atoms with Crippen LogP contribution in [0, 0.1) is 28.6 Å². The zero-order valence-corrected chi connectivity index (χ0v) is 14.7. The summed E-state index contributed by atoms with van der Waals surface area (Å²) in [6, 6.07) is 11.6. The minimum Gasteiger partial charge on any atom is -0.464 e. The summed E-state index contributed by atoms with van der Waals surface area (Å²) in [6.07, 6.45) is -0.931. The molecule has 7 heteroatoms. The van der Waals surface area contributed by atoms with Gasteiger partial charge in [-0.2, -0.15) is 10.5 Å². The van der Waals surface area contributed by atoms with Gasteiger partial charge < -0.3 is 9.47 Å². The second-order valence-corrected chi connectivity index (χ2v) is 6.21. The van der Waals surface area contributed by atoms with E-state index in [2.05, 4.69) is 5.32 Å². The lowest BCUT2D eigenvalue weighted by atomic mass is 9.79. The molecule has 25 heavy (non-hydrogen) atoms. The molecule has 1 N–H and O–H groups in total. The van der Waals surface area contributed by atoms with Crippen molar-refractivity contribution in [1.82, 2.24) is 5.32 Å². The van der Waals surface area contributed by atoms with Crippen LogP contribution in [0.1, 0.15) is 33.3 Å². The second kappa shape index (κ2) is 8.16. The van der Waals surface area contributed by atoms with Crippen LogP contribution >= 0.6 is 0 Å². The minimum absolute atomic E-state index is 0.0208. The van der Waals surface area contributed by atoms with Crippen LogP contribution < -0.4 is 5.32 Å². The number of esters is 1. The van der Waals surface area contributed by atoms with Crippen LogP contribution in [0.3, 0.4) is 0 Å². The molecule has 0 spiro atoms. The maximum Gasteiger partial charge on any atom is 0.408 e. The Balaban J connectivity index is 3.51. The van der Waals surface area contributed by atoms with E-state index >= 15 is 0 Å². The van der Waals surface area contributed by atoms with E-state index in [9.17, 15) is 20.1 Å². The Morgan fingerprint density at radius 1 is 1.16 bits per heavy atom. The summed E-state index contributed by atoms with van der Waals surface area (Å²) in [5.41, 5.74) is -2.56. The zero-order chi connectivity index (χ0) is 19.1. The number of carbonyl (C=O) groups excluding carboxylic acids is 2. The highest BCUT2D eigenvalue weighted by molar-refractivity contribution is 5.88. The molecular weight excluding hydrogens is 322 g/mol. The molecule has 0 saturated heterocycles. The van der Waals surface area contributed by atoms with E-state index < -0.39 is 29.1 Å². The van der Waals surface area contributed by atoms with Gasteiger partial charge in [-0.3, -0.25) is 5.32 Å². The number of nitriles is 2. The Hall–Kier alpha value is -3.06. The molecule has 0 bridgehead atoms. The number of hydrogen-bond acceptors (Lipinski definition) is 6. The molecule has 7 nitrogen and oxygen atoms in total. The molecule has 0 aliphatic heterocycles. The molecule has 0 heterocycles. The Labute approximate surface area is 147 Å². The molecule has 1 rings (SSSR count). The van der Waals surface area contributed by atoms with Gasteiger partial charge in [-0.05, 0) is 33.3 Å². The number of carbonyl (C=O) groups is 2. The first kappa shape index (κ1) is 20.0. The lowest BCUT2D eigenvalue weighted by Crippen LogP contribution is -2.57. The van der Waals surface area contributed by atoms with Crippen molar-refractivity contribution < 1.29 is 19.1 Å². The van der Waals surface area contributed by atoms with E-state index in [0.717, 1.165) is 0 Å². The van der Waals surface area contributed by atoms with Gasteiger partial charge in [0.05, 0.1) is 18.7 Å². The maximum absolute atomic E-state index is 12.7. The van der Waals surface area contributed by atoms with Crippen molar-refractivity contribution in [3.05, 3.63) is 35.9 Å². The van der Waals surface area contributed by atoms with Gasteiger partial charge >= 0.3 is 12.1 Å². The number of ether oxygens (including phenoxy) is 2. The van der Waals surface area contributed by atoms with E-state index in [1.165, 1.54) is 12.1 Å². The van der Waals surface area contributed by atoms with Crippen LogP contribution in [-0.4, -0.2) is 24.3 Å². The molecule has 1 aromatic carbocycles. The summed E-state index contributed by atoms with van der Waals surface area (Å²) in [5, 5.41) is 21.2. The predicted octanol–water partition coefficient (Wildman–Crippen LogP) is 2.63. The molecule has 1 amide bonds. The van der Waals surface area contributed by atoms with Crippen molar-refractivity contribution in [2.75, 3.05) is 6.61 Å². The molecule has 0 aliphatic rings. The van der Waals surface area contributed by atoms with Gasteiger partial charge in [0.2, 0.25) is 0 Å². The van der Waals surface area contributed by atoms with Crippen LogP contribution in [-0.2, 0) is 19.8 Å². The summed E-state index contributed by atoms with van der Waals surface area (Å²) in [6.45, 7) is 6.59. The van der Waals surface area contributed by atoms with Crippen molar-refractivity contribution in [1.29, 1.82) is 10.5 Å². The van der Waals surface area contributed by atoms with Gasteiger partial charge in [0, 0.05) is 0 Å². The van der Waals surface area contributed by atoms with Crippen LogP contribution in [0.5, 0.6) is 0 Å². The largest absolute Gasteiger partial charge is 0.464 e. The molecule has 0 saturated carbocycles. The van der Waals surface area contributed by atoms with Gasteiger partial charge in [-0.25, -0.2) is 9.59 Å².